The zero-order chi connectivity index (χ0) is 37.3. The van der Waals surface area contributed by atoms with Gasteiger partial charge >= 0.3 is 5.97 Å². The third kappa shape index (κ3) is 18.0. The zero-order valence-electron chi connectivity index (χ0n) is 29.9. The van der Waals surface area contributed by atoms with E-state index in [9.17, 15) is 24.3 Å². The van der Waals surface area contributed by atoms with Gasteiger partial charge in [-0.1, -0.05) is 91.4 Å². The van der Waals surface area contributed by atoms with Gasteiger partial charge in [0.15, 0.2) is 11.4 Å². The number of carbonyl (C=O) groups is 4. The van der Waals surface area contributed by atoms with Gasteiger partial charge in [-0.25, -0.2) is 4.79 Å². The number of ketones is 1. The maximum absolute atomic E-state index is 12.9. The largest absolute Gasteiger partial charge is 0.480 e. The first kappa shape index (κ1) is 42.2. The number of ether oxygens (including phenoxy) is 1. The number of carbonyl (C=O) groups excluding carboxylic acids is 3. The Morgan fingerprint density at radius 1 is 0.725 bits per heavy atom. The molecule has 0 heterocycles. The van der Waals surface area contributed by atoms with E-state index in [-0.39, 0.29) is 18.7 Å². The number of halogens is 1. The van der Waals surface area contributed by atoms with E-state index < -0.39 is 29.4 Å². The highest BCUT2D eigenvalue weighted by molar-refractivity contribution is 6.30. The molecule has 0 bridgehead atoms. The lowest BCUT2D eigenvalue weighted by Gasteiger charge is -2.26. The Balaban J connectivity index is 1.66. The lowest BCUT2D eigenvalue weighted by Crippen LogP contribution is -2.53. The highest BCUT2D eigenvalue weighted by atomic mass is 35.5. The summed E-state index contributed by atoms with van der Waals surface area (Å²) in [6.45, 7) is 4.89. The van der Waals surface area contributed by atoms with Crippen LogP contribution < -0.4 is 15.4 Å². The van der Waals surface area contributed by atoms with Crippen molar-refractivity contribution in [2.75, 3.05) is 6.54 Å². The summed E-state index contributed by atoms with van der Waals surface area (Å²) < 4.78 is 5.84. The molecule has 0 aromatic heterocycles. The maximum atomic E-state index is 12.9. The van der Waals surface area contributed by atoms with Crippen LogP contribution in [0.1, 0.15) is 88.1 Å². The van der Waals surface area contributed by atoms with E-state index in [0.717, 1.165) is 38.5 Å². The Morgan fingerprint density at radius 2 is 1.18 bits per heavy atom. The molecule has 2 aromatic rings. The monoisotopic (exact) mass is 714 g/mol. The van der Waals surface area contributed by atoms with Crippen molar-refractivity contribution in [3.05, 3.63) is 138 Å². The van der Waals surface area contributed by atoms with Gasteiger partial charge in [-0.2, -0.15) is 0 Å². The number of carboxylic acids is 1. The van der Waals surface area contributed by atoms with Crippen molar-refractivity contribution in [2.24, 2.45) is 0 Å². The number of carboxylic acid groups (broad SMARTS) is 1. The molecule has 8 nitrogen and oxygen atoms in total. The first-order valence-electron chi connectivity index (χ1n) is 17.3. The van der Waals surface area contributed by atoms with Gasteiger partial charge in [-0.15, -0.1) is 0 Å². The molecule has 0 aliphatic rings. The molecule has 2 rings (SSSR count). The second-order valence-corrected chi connectivity index (χ2v) is 12.5. The first-order valence-corrected chi connectivity index (χ1v) is 17.7. The minimum Gasteiger partial charge on any atom is -0.480 e. The molecule has 0 aliphatic heterocycles. The van der Waals surface area contributed by atoms with E-state index in [4.69, 9.17) is 16.3 Å². The molecule has 1 atom stereocenters. The smallest absolute Gasteiger partial charge is 0.328 e. The molecular weight excluding hydrogens is 664 g/mol. The van der Waals surface area contributed by atoms with Gasteiger partial charge < -0.3 is 20.5 Å². The zero-order valence-corrected chi connectivity index (χ0v) is 30.6. The number of hydrogen-bond donors (Lipinski definition) is 3. The normalized spacial score (nSPS) is 12.9. The van der Waals surface area contributed by atoms with Crippen LogP contribution in [0.3, 0.4) is 0 Å². The van der Waals surface area contributed by atoms with Crippen LogP contribution in [-0.2, 0) is 14.4 Å². The summed E-state index contributed by atoms with van der Waals surface area (Å²) in [5.74, 6) is -2.10. The number of rotatable bonds is 23. The topological polar surface area (TPSA) is 122 Å². The van der Waals surface area contributed by atoms with E-state index >= 15 is 0 Å². The fourth-order valence-corrected chi connectivity index (χ4v) is 4.64. The first-order chi connectivity index (χ1) is 24.5. The van der Waals surface area contributed by atoms with E-state index in [1.807, 2.05) is 12.2 Å². The molecule has 0 saturated carbocycles. The Kier molecular flexibility index (Phi) is 20.1. The summed E-state index contributed by atoms with van der Waals surface area (Å²) in [4.78, 5) is 49.8. The summed E-state index contributed by atoms with van der Waals surface area (Å²) in [7, 11) is 0. The standard InChI is InChI=1S/C42H51ClN2O6/c1-4-5-6-7-8-9-10-11-12-13-14-15-16-17-18-19-20-21-22-23-38(46)45-37(40(48)49)32-44-41(50)42(2,3)51-36-30-26-34(27-31-36)39(47)33-24-28-35(43)29-25-33/h5-6,8-9,11-12,14-15,17-18,20-21,24-31,37H,4,7,10,13,16,19,22-23,32H2,1-3H3,(H,44,50)(H,45,46)(H,48,49). The van der Waals surface area contributed by atoms with E-state index in [2.05, 4.69) is 78.3 Å². The van der Waals surface area contributed by atoms with E-state index in [0.29, 0.717) is 28.3 Å². The van der Waals surface area contributed by atoms with Gasteiger partial charge in [0.25, 0.3) is 5.91 Å². The predicted octanol–water partition coefficient (Wildman–Crippen LogP) is 8.89. The molecule has 0 radical (unpaired) electrons. The molecule has 0 saturated heterocycles. The molecular formula is C42H51ClN2O6. The van der Waals surface area contributed by atoms with Gasteiger partial charge in [-0.3, -0.25) is 14.4 Å². The van der Waals surface area contributed by atoms with Crippen molar-refractivity contribution >= 4 is 35.2 Å². The summed E-state index contributed by atoms with van der Waals surface area (Å²) in [5, 5.41) is 15.2. The summed E-state index contributed by atoms with van der Waals surface area (Å²) in [6, 6.07) is 11.6. The number of amides is 2. The van der Waals surface area contributed by atoms with E-state index in [1.54, 1.807) is 48.5 Å². The molecule has 2 aromatic carbocycles. The molecule has 3 N–H and O–H groups in total. The molecule has 0 spiro atoms. The lowest BCUT2D eigenvalue weighted by molar-refractivity contribution is -0.142. The third-order valence-electron chi connectivity index (χ3n) is 7.38. The van der Waals surface area contributed by atoms with Crippen LogP contribution in [0.5, 0.6) is 5.75 Å². The minimum absolute atomic E-state index is 0.116. The number of benzene rings is 2. The second-order valence-electron chi connectivity index (χ2n) is 12.1. The molecule has 0 fully saturated rings. The summed E-state index contributed by atoms with van der Waals surface area (Å²) in [5.41, 5.74) is -0.445. The SMILES string of the molecule is CCC=CCC=CCC=CCC=CCC=CCC=CCCC(=O)NC(CNC(=O)C(C)(C)Oc1ccc(C(=O)c2ccc(Cl)cc2)cc1)C(=O)O. The van der Waals surface area contributed by atoms with Crippen molar-refractivity contribution in [1.29, 1.82) is 0 Å². The van der Waals surface area contributed by atoms with Crippen LogP contribution in [-0.4, -0.2) is 46.9 Å². The Labute approximate surface area is 307 Å². The van der Waals surface area contributed by atoms with Crippen molar-refractivity contribution in [2.45, 2.75) is 83.8 Å². The van der Waals surface area contributed by atoms with Gasteiger partial charge in [0.1, 0.15) is 11.8 Å². The Hall–Kier alpha value is -4.95. The third-order valence-corrected chi connectivity index (χ3v) is 7.63. The highest BCUT2D eigenvalue weighted by Gasteiger charge is 2.31. The van der Waals surface area contributed by atoms with E-state index in [1.165, 1.54) is 13.8 Å². The van der Waals surface area contributed by atoms with Crippen molar-refractivity contribution < 1.29 is 29.0 Å². The van der Waals surface area contributed by atoms with Crippen molar-refractivity contribution in [3.8, 4) is 5.75 Å². The van der Waals surface area contributed by atoms with Crippen LogP contribution in [0.25, 0.3) is 0 Å². The molecule has 272 valence electrons. The van der Waals surface area contributed by atoms with Gasteiger partial charge in [-0.05, 0) is 107 Å². The van der Waals surface area contributed by atoms with Crippen molar-refractivity contribution in [1.82, 2.24) is 10.6 Å². The van der Waals surface area contributed by atoms with Gasteiger partial charge in [0.05, 0.1) is 0 Å². The molecule has 9 heteroatoms. The summed E-state index contributed by atoms with van der Waals surface area (Å²) in [6.07, 6.45) is 31.4. The van der Waals surface area contributed by atoms with Gasteiger partial charge in [0.2, 0.25) is 5.91 Å². The summed E-state index contributed by atoms with van der Waals surface area (Å²) >= 11 is 5.90. The van der Waals surface area contributed by atoms with Crippen LogP contribution in [0.2, 0.25) is 5.02 Å². The second kappa shape index (κ2) is 24.2. The number of nitrogens with one attached hydrogen (secondary N) is 2. The molecule has 2 amide bonds. The number of allylic oxidation sites excluding steroid dienone is 12. The van der Waals surface area contributed by atoms with Crippen LogP contribution in [0.4, 0.5) is 0 Å². The minimum atomic E-state index is -1.37. The number of aliphatic carboxylic acids is 1. The Bertz CT molecular complexity index is 1570. The molecule has 51 heavy (non-hydrogen) atoms. The quantitative estimate of drug-likeness (QED) is 0.0781. The maximum Gasteiger partial charge on any atom is 0.328 e. The van der Waals surface area contributed by atoms with Crippen LogP contribution in [0, 0.1) is 0 Å². The number of hydrogen-bond acceptors (Lipinski definition) is 5. The highest BCUT2D eigenvalue weighted by Crippen LogP contribution is 2.21. The molecule has 1 unspecified atom stereocenters. The average molecular weight is 715 g/mol. The molecule has 0 aliphatic carbocycles. The lowest BCUT2D eigenvalue weighted by atomic mass is 10.0. The van der Waals surface area contributed by atoms with Crippen LogP contribution >= 0.6 is 11.6 Å². The van der Waals surface area contributed by atoms with Crippen LogP contribution in [0.15, 0.2) is 121 Å². The fraction of sp³-hybridized carbons (Fsp3) is 0.333. The van der Waals surface area contributed by atoms with Gasteiger partial charge in [0, 0.05) is 29.1 Å². The average Bonchev–Trinajstić information content (AvgIpc) is 3.11. The Morgan fingerprint density at radius 3 is 1.65 bits per heavy atom. The van der Waals surface area contributed by atoms with Crippen molar-refractivity contribution in [3.63, 3.8) is 0 Å². The predicted molar refractivity (Wildman–Crippen MR) is 206 cm³/mol. The fourth-order valence-electron chi connectivity index (χ4n) is 4.51.